The Morgan fingerprint density at radius 1 is 1.62 bits per heavy atom. The van der Waals surface area contributed by atoms with Gasteiger partial charge in [-0.2, -0.15) is 11.3 Å². The van der Waals surface area contributed by atoms with Gasteiger partial charge in [-0.1, -0.05) is 5.16 Å². The number of esters is 1. The highest BCUT2D eigenvalue weighted by Crippen LogP contribution is 2.14. The van der Waals surface area contributed by atoms with Crippen LogP contribution in [0.25, 0.3) is 0 Å². The first-order valence-electron chi connectivity index (χ1n) is 4.93. The predicted molar refractivity (Wildman–Crippen MR) is 59.6 cm³/mol. The summed E-state index contributed by atoms with van der Waals surface area (Å²) in [7, 11) is 0. The van der Waals surface area contributed by atoms with Gasteiger partial charge in [-0.3, -0.25) is 0 Å². The van der Waals surface area contributed by atoms with E-state index in [-0.39, 0.29) is 5.69 Å². The van der Waals surface area contributed by atoms with Gasteiger partial charge in [0.25, 0.3) is 0 Å². The van der Waals surface area contributed by atoms with Crippen LogP contribution >= 0.6 is 11.3 Å². The summed E-state index contributed by atoms with van der Waals surface area (Å²) >= 11 is 1.63. The standard InChI is InChI=1S/C11H11NO3S/c1-2-14-11(13)10-6-9(15-12-10)5-8-3-4-16-7-8/h3-4,6-7H,2,5H2,1H3. The molecule has 0 amide bonds. The van der Waals surface area contributed by atoms with E-state index in [1.165, 1.54) is 0 Å². The van der Waals surface area contributed by atoms with E-state index in [9.17, 15) is 4.79 Å². The van der Waals surface area contributed by atoms with Crippen LogP contribution in [0.4, 0.5) is 0 Å². The summed E-state index contributed by atoms with van der Waals surface area (Å²) in [5.41, 5.74) is 1.38. The minimum atomic E-state index is -0.442. The fraction of sp³-hybridized carbons (Fsp3) is 0.273. The second-order valence-electron chi connectivity index (χ2n) is 3.21. The second-order valence-corrected chi connectivity index (χ2v) is 3.99. The summed E-state index contributed by atoms with van der Waals surface area (Å²) < 4.78 is 9.88. The Kier molecular flexibility index (Phi) is 3.36. The number of hydrogen-bond acceptors (Lipinski definition) is 5. The van der Waals surface area contributed by atoms with E-state index >= 15 is 0 Å². The SMILES string of the molecule is CCOC(=O)c1cc(Cc2ccsc2)on1. The predicted octanol–water partition coefficient (Wildman–Crippen LogP) is 2.50. The van der Waals surface area contributed by atoms with Gasteiger partial charge < -0.3 is 9.26 Å². The molecule has 0 saturated carbocycles. The van der Waals surface area contributed by atoms with Crippen molar-refractivity contribution in [1.82, 2.24) is 5.16 Å². The van der Waals surface area contributed by atoms with Gasteiger partial charge in [0.05, 0.1) is 6.61 Å². The molecule has 5 heteroatoms. The van der Waals surface area contributed by atoms with Gasteiger partial charge in [0.1, 0.15) is 5.76 Å². The summed E-state index contributed by atoms with van der Waals surface area (Å²) in [6.07, 6.45) is 0.649. The van der Waals surface area contributed by atoms with Crippen LogP contribution in [-0.2, 0) is 11.2 Å². The topological polar surface area (TPSA) is 52.3 Å². The molecule has 0 unspecified atom stereocenters. The minimum Gasteiger partial charge on any atom is -0.461 e. The molecule has 0 spiro atoms. The fourth-order valence-corrected chi connectivity index (χ4v) is 1.96. The first-order chi connectivity index (χ1) is 7.79. The van der Waals surface area contributed by atoms with Gasteiger partial charge in [0, 0.05) is 12.5 Å². The van der Waals surface area contributed by atoms with Crippen molar-refractivity contribution in [3.63, 3.8) is 0 Å². The van der Waals surface area contributed by atoms with E-state index in [0.29, 0.717) is 18.8 Å². The van der Waals surface area contributed by atoms with Crippen LogP contribution in [0, 0.1) is 0 Å². The van der Waals surface area contributed by atoms with E-state index in [1.807, 2.05) is 16.8 Å². The van der Waals surface area contributed by atoms with Crippen LogP contribution in [-0.4, -0.2) is 17.7 Å². The number of rotatable bonds is 4. The molecule has 84 valence electrons. The van der Waals surface area contributed by atoms with Gasteiger partial charge in [-0.25, -0.2) is 4.79 Å². The highest BCUT2D eigenvalue weighted by molar-refractivity contribution is 7.07. The quantitative estimate of drug-likeness (QED) is 0.767. The molecule has 0 bridgehead atoms. The first-order valence-corrected chi connectivity index (χ1v) is 5.87. The van der Waals surface area contributed by atoms with Gasteiger partial charge >= 0.3 is 5.97 Å². The maximum atomic E-state index is 11.3. The number of thiophene rings is 1. The molecule has 0 saturated heterocycles. The molecular weight excluding hydrogens is 226 g/mol. The minimum absolute atomic E-state index is 0.229. The molecule has 0 N–H and O–H groups in total. The zero-order chi connectivity index (χ0) is 11.4. The Bertz CT molecular complexity index is 461. The van der Waals surface area contributed by atoms with E-state index in [4.69, 9.17) is 9.26 Å². The van der Waals surface area contributed by atoms with Gasteiger partial charge in [0.15, 0.2) is 5.69 Å². The smallest absolute Gasteiger partial charge is 0.360 e. The number of hydrogen-bond donors (Lipinski definition) is 0. The van der Waals surface area contributed by atoms with Crippen molar-refractivity contribution in [3.8, 4) is 0 Å². The summed E-state index contributed by atoms with van der Waals surface area (Å²) in [6.45, 7) is 2.09. The molecule has 0 fully saturated rings. The molecule has 0 atom stereocenters. The lowest BCUT2D eigenvalue weighted by Crippen LogP contribution is -2.04. The molecule has 0 aromatic carbocycles. The van der Waals surface area contributed by atoms with Crippen LogP contribution in [0.5, 0.6) is 0 Å². The maximum Gasteiger partial charge on any atom is 0.360 e. The lowest BCUT2D eigenvalue weighted by Gasteiger charge is -1.94. The average molecular weight is 237 g/mol. The third-order valence-electron chi connectivity index (χ3n) is 2.00. The van der Waals surface area contributed by atoms with Crippen molar-refractivity contribution >= 4 is 17.3 Å². The molecule has 4 nitrogen and oxygen atoms in total. The highest BCUT2D eigenvalue weighted by Gasteiger charge is 2.13. The monoisotopic (exact) mass is 237 g/mol. The summed E-state index contributed by atoms with van der Waals surface area (Å²) in [4.78, 5) is 11.3. The normalized spacial score (nSPS) is 10.3. The maximum absolute atomic E-state index is 11.3. The second kappa shape index (κ2) is 4.94. The number of carbonyl (C=O) groups excluding carboxylic acids is 1. The van der Waals surface area contributed by atoms with E-state index in [1.54, 1.807) is 24.3 Å². The van der Waals surface area contributed by atoms with Crippen molar-refractivity contribution in [2.24, 2.45) is 0 Å². The van der Waals surface area contributed by atoms with Crippen LogP contribution in [0.1, 0.15) is 28.7 Å². The first kappa shape index (κ1) is 10.9. The molecule has 2 rings (SSSR count). The van der Waals surface area contributed by atoms with Crippen LogP contribution in [0.15, 0.2) is 27.4 Å². The zero-order valence-electron chi connectivity index (χ0n) is 8.80. The van der Waals surface area contributed by atoms with Gasteiger partial charge in [-0.15, -0.1) is 0 Å². The Balaban J connectivity index is 2.05. The lowest BCUT2D eigenvalue weighted by molar-refractivity contribution is 0.0514. The van der Waals surface area contributed by atoms with Gasteiger partial charge in [-0.05, 0) is 29.3 Å². The Hall–Kier alpha value is -1.62. The molecule has 2 heterocycles. The molecule has 0 radical (unpaired) electrons. The molecule has 2 aromatic rings. The van der Waals surface area contributed by atoms with Crippen LogP contribution < -0.4 is 0 Å². The fourth-order valence-electron chi connectivity index (χ4n) is 1.29. The Labute approximate surface area is 96.8 Å². The van der Waals surface area contributed by atoms with E-state index < -0.39 is 5.97 Å². The molecule has 16 heavy (non-hydrogen) atoms. The molecule has 0 aliphatic carbocycles. The molecular formula is C11H11NO3S. The number of ether oxygens (including phenoxy) is 1. The number of aromatic nitrogens is 1. The Morgan fingerprint density at radius 3 is 3.19 bits per heavy atom. The average Bonchev–Trinajstić information content (AvgIpc) is 2.90. The summed E-state index contributed by atoms with van der Waals surface area (Å²) in [5.74, 6) is 0.226. The molecule has 0 aliphatic heterocycles. The Morgan fingerprint density at radius 2 is 2.50 bits per heavy atom. The molecule has 2 aromatic heterocycles. The number of carbonyl (C=O) groups is 1. The van der Waals surface area contributed by atoms with Crippen molar-refractivity contribution in [3.05, 3.63) is 39.9 Å². The molecule has 0 aliphatic rings. The van der Waals surface area contributed by atoms with Crippen molar-refractivity contribution < 1.29 is 14.1 Å². The van der Waals surface area contributed by atoms with Crippen molar-refractivity contribution in [1.29, 1.82) is 0 Å². The third-order valence-corrected chi connectivity index (χ3v) is 2.73. The third kappa shape index (κ3) is 2.49. The summed E-state index contributed by atoms with van der Waals surface area (Å²) in [6, 6.07) is 3.63. The van der Waals surface area contributed by atoms with E-state index in [0.717, 1.165) is 5.56 Å². The van der Waals surface area contributed by atoms with E-state index in [2.05, 4.69) is 5.16 Å². The van der Waals surface area contributed by atoms with Gasteiger partial charge in [0.2, 0.25) is 0 Å². The highest BCUT2D eigenvalue weighted by atomic mass is 32.1. The van der Waals surface area contributed by atoms with Crippen molar-refractivity contribution in [2.75, 3.05) is 6.61 Å². The largest absolute Gasteiger partial charge is 0.461 e. The van der Waals surface area contributed by atoms with Crippen LogP contribution in [0.3, 0.4) is 0 Å². The summed E-state index contributed by atoms with van der Waals surface area (Å²) in [5, 5.41) is 7.70. The lowest BCUT2D eigenvalue weighted by atomic mass is 10.2. The number of nitrogens with zero attached hydrogens (tertiary/aromatic N) is 1. The zero-order valence-corrected chi connectivity index (χ0v) is 9.62. The van der Waals surface area contributed by atoms with Crippen LogP contribution in [0.2, 0.25) is 0 Å². The van der Waals surface area contributed by atoms with Crippen molar-refractivity contribution in [2.45, 2.75) is 13.3 Å².